The molecule has 1 atom stereocenters. The smallest absolute Gasteiger partial charge is 0.233 e. The van der Waals surface area contributed by atoms with Crippen LogP contribution in [0.4, 0.5) is 5.69 Å². The number of aromatic nitrogens is 2. The van der Waals surface area contributed by atoms with Gasteiger partial charge in [0.25, 0.3) is 0 Å². The van der Waals surface area contributed by atoms with Crippen LogP contribution in [0.2, 0.25) is 0 Å². The van der Waals surface area contributed by atoms with Gasteiger partial charge < -0.3 is 14.4 Å². The Kier molecular flexibility index (Phi) is 5.24. The highest BCUT2D eigenvalue weighted by Gasteiger charge is 2.24. The zero-order chi connectivity index (χ0) is 16.8. The van der Waals surface area contributed by atoms with Crippen molar-refractivity contribution < 1.29 is 9.47 Å². The number of anilines is 1. The van der Waals surface area contributed by atoms with Crippen molar-refractivity contribution in [2.24, 2.45) is 0 Å². The largest absolute Gasteiger partial charge is 0.480 e. The van der Waals surface area contributed by atoms with Gasteiger partial charge in [0, 0.05) is 31.7 Å². The van der Waals surface area contributed by atoms with E-state index in [4.69, 9.17) is 9.47 Å². The van der Waals surface area contributed by atoms with E-state index in [1.165, 1.54) is 7.11 Å². The van der Waals surface area contributed by atoms with Crippen molar-refractivity contribution in [2.45, 2.75) is 25.6 Å². The first-order valence-corrected chi connectivity index (χ1v) is 8.00. The second-order valence-corrected chi connectivity index (χ2v) is 5.71. The predicted octanol–water partition coefficient (Wildman–Crippen LogP) is 2.54. The Morgan fingerprint density at radius 1 is 1.38 bits per heavy atom. The summed E-state index contributed by atoms with van der Waals surface area (Å²) in [6.07, 6.45) is 7.42. The van der Waals surface area contributed by atoms with E-state index in [-0.39, 0.29) is 6.10 Å². The third-order valence-electron chi connectivity index (χ3n) is 4.13. The fourth-order valence-electron chi connectivity index (χ4n) is 2.95. The maximum atomic E-state index is 9.44. The number of pyridine rings is 2. The molecule has 1 aliphatic rings. The Morgan fingerprint density at radius 3 is 3.04 bits per heavy atom. The predicted molar refractivity (Wildman–Crippen MR) is 89.8 cm³/mol. The lowest BCUT2D eigenvalue weighted by molar-refractivity contribution is 0.0314. The molecule has 0 aromatic carbocycles. The summed E-state index contributed by atoms with van der Waals surface area (Å²) in [5.74, 6) is 0.369. The molecule has 124 valence electrons. The van der Waals surface area contributed by atoms with Gasteiger partial charge in [0.15, 0.2) is 0 Å². The van der Waals surface area contributed by atoms with E-state index in [0.29, 0.717) is 18.1 Å². The van der Waals surface area contributed by atoms with Crippen LogP contribution in [0.5, 0.6) is 5.88 Å². The van der Waals surface area contributed by atoms with Gasteiger partial charge in [0.2, 0.25) is 5.88 Å². The van der Waals surface area contributed by atoms with Gasteiger partial charge in [-0.05, 0) is 30.5 Å². The highest BCUT2D eigenvalue weighted by atomic mass is 16.5. The Hall–Kier alpha value is -2.65. The van der Waals surface area contributed by atoms with Crippen LogP contribution in [-0.2, 0) is 11.3 Å². The SMILES string of the molecule is COc1nccc(N2CCC[C@@H](OCc3cccnc3)C2)c1C#N. The Labute approximate surface area is 141 Å². The summed E-state index contributed by atoms with van der Waals surface area (Å²) in [4.78, 5) is 10.4. The molecule has 3 rings (SSSR count). The summed E-state index contributed by atoms with van der Waals surface area (Å²) in [6.45, 7) is 2.20. The number of rotatable bonds is 5. The third kappa shape index (κ3) is 3.63. The average Bonchev–Trinajstić information content (AvgIpc) is 2.66. The van der Waals surface area contributed by atoms with Crippen molar-refractivity contribution in [1.29, 1.82) is 5.26 Å². The zero-order valence-electron chi connectivity index (χ0n) is 13.7. The van der Waals surface area contributed by atoms with E-state index in [0.717, 1.165) is 37.2 Å². The van der Waals surface area contributed by atoms with Gasteiger partial charge >= 0.3 is 0 Å². The summed E-state index contributed by atoms with van der Waals surface area (Å²) in [6, 6.07) is 7.99. The number of hydrogen-bond acceptors (Lipinski definition) is 6. The number of ether oxygens (including phenoxy) is 2. The first-order chi connectivity index (χ1) is 11.8. The first-order valence-electron chi connectivity index (χ1n) is 8.00. The van der Waals surface area contributed by atoms with Crippen LogP contribution in [0.3, 0.4) is 0 Å². The van der Waals surface area contributed by atoms with Gasteiger partial charge in [-0.25, -0.2) is 4.98 Å². The van der Waals surface area contributed by atoms with Crippen molar-refractivity contribution in [3.8, 4) is 11.9 Å². The molecule has 0 saturated carbocycles. The van der Waals surface area contributed by atoms with Crippen molar-refractivity contribution >= 4 is 5.69 Å². The van der Waals surface area contributed by atoms with Crippen LogP contribution in [0.15, 0.2) is 36.8 Å². The Morgan fingerprint density at radius 2 is 2.29 bits per heavy atom. The van der Waals surface area contributed by atoms with Crippen LogP contribution in [-0.4, -0.2) is 36.3 Å². The maximum absolute atomic E-state index is 9.44. The summed E-state index contributed by atoms with van der Waals surface area (Å²) in [5, 5.41) is 9.44. The lowest BCUT2D eigenvalue weighted by Crippen LogP contribution is -2.40. The molecule has 2 aromatic rings. The van der Waals surface area contributed by atoms with E-state index in [9.17, 15) is 5.26 Å². The minimum Gasteiger partial charge on any atom is -0.480 e. The lowest BCUT2D eigenvalue weighted by atomic mass is 10.1. The molecule has 2 aromatic heterocycles. The van der Waals surface area contributed by atoms with Gasteiger partial charge in [-0.3, -0.25) is 4.98 Å². The van der Waals surface area contributed by atoms with E-state index < -0.39 is 0 Å². The fourth-order valence-corrected chi connectivity index (χ4v) is 2.95. The molecule has 0 amide bonds. The van der Waals surface area contributed by atoms with Crippen LogP contribution in [0.1, 0.15) is 24.0 Å². The quantitative estimate of drug-likeness (QED) is 0.842. The number of nitriles is 1. The topological polar surface area (TPSA) is 71.3 Å². The standard InChI is InChI=1S/C18H20N4O2/c1-23-18-16(10-19)17(6-8-21-18)22-9-3-5-15(12-22)24-13-14-4-2-7-20-11-14/h2,4,6-8,11,15H,3,5,9,12-13H2,1H3/t15-/m1/s1. The molecule has 0 unspecified atom stereocenters. The van der Waals surface area contributed by atoms with Gasteiger partial charge in [-0.15, -0.1) is 0 Å². The highest BCUT2D eigenvalue weighted by molar-refractivity contribution is 5.63. The second kappa shape index (κ2) is 7.75. The van der Waals surface area contributed by atoms with Crippen LogP contribution >= 0.6 is 0 Å². The summed E-state index contributed by atoms with van der Waals surface area (Å²) >= 11 is 0. The van der Waals surface area contributed by atoms with Crippen LogP contribution in [0, 0.1) is 11.3 Å². The van der Waals surface area contributed by atoms with Crippen molar-refractivity contribution in [1.82, 2.24) is 9.97 Å². The molecule has 1 aliphatic heterocycles. The monoisotopic (exact) mass is 324 g/mol. The molecule has 0 radical (unpaired) electrons. The van der Waals surface area contributed by atoms with Crippen molar-refractivity contribution in [3.63, 3.8) is 0 Å². The van der Waals surface area contributed by atoms with Gasteiger partial charge in [0.05, 0.1) is 25.5 Å². The van der Waals surface area contributed by atoms with Crippen molar-refractivity contribution in [2.75, 3.05) is 25.1 Å². The highest BCUT2D eigenvalue weighted by Crippen LogP contribution is 2.29. The molecule has 6 nitrogen and oxygen atoms in total. The van der Waals surface area contributed by atoms with E-state index in [2.05, 4.69) is 20.9 Å². The van der Waals surface area contributed by atoms with E-state index in [1.54, 1.807) is 12.4 Å². The van der Waals surface area contributed by atoms with Crippen LogP contribution < -0.4 is 9.64 Å². The first kappa shape index (κ1) is 16.2. The number of piperidine rings is 1. The van der Waals surface area contributed by atoms with Gasteiger partial charge in [-0.2, -0.15) is 5.26 Å². The molecule has 3 heterocycles. The summed E-state index contributed by atoms with van der Waals surface area (Å²) in [5.41, 5.74) is 2.41. The van der Waals surface area contributed by atoms with Gasteiger partial charge in [-0.1, -0.05) is 6.07 Å². The minimum atomic E-state index is 0.129. The summed E-state index contributed by atoms with van der Waals surface area (Å²) in [7, 11) is 1.53. The van der Waals surface area contributed by atoms with Gasteiger partial charge in [0.1, 0.15) is 11.6 Å². The molecule has 0 N–H and O–H groups in total. The second-order valence-electron chi connectivity index (χ2n) is 5.71. The molecule has 24 heavy (non-hydrogen) atoms. The average molecular weight is 324 g/mol. The molecule has 1 fully saturated rings. The Balaban J connectivity index is 1.69. The molecule has 6 heteroatoms. The molecule has 1 saturated heterocycles. The van der Waals surface area contributed by atoms with E-state index in [1.807, 2.05) is 24.4 Å². The molecule has 0 bridgehead atoms. The van der Waals surface area contributed by atoms with Crippen LogP contribution in [0.25, 0.3) is 0 Å². The lowest BCUT2D eigenvalue weighted by Gasteiger charge is -2.34. The number of methoxy groups -OCH3 is 1. The zero-order valence-corrected chi connectivity index (χ0v) is 13.7. The fraction of sp³-hybridized carbons (Fsp3) is 0.389. The third-order valence-corrected chi connectivity index (χ3v) is 4.13. The molecule has 0 aliphatic carbocycles. The minimum absolute atomic E-state index is 0.129. The number of hydrogen-bond donors (Lipinski definition) is 0. The summed E-state index contributed by atoms with van der Waals surface area (Å²) < 4.78 is 11.2. The number of nitrogens with zero attached hydrogens (tertiary/aromatic N) is 4. The molecular weight excluding hydrogens is 304 g/mol. The normalized spacial score (nSPS) is 17.3. The van der Waals surface area contributed by atoms with Crippen molar-refractivity contribution in [3.05, 3.63) is 47.9 Å². The van der Waals surface area contributed by atoms with E-state index >= 15 is 0 Å². The maximum Gasteiger partial charge on any atom is 0.233 e. The molecular formula is C18H20N4O2. The molecule has 0 spiro atoms. The Bertz CT molecular complexity index is 715.